The van der Waals surface area contributed by atoms with Crippen molar-refractivity contribution in [3.63, 3.8) is 0 Å². The number of carbonyl (C=O) groups is 1. The number of hydrogen-bond acceptors (Lipinski definition) is 5. The quantitative estimate of drug-likeness (QED) is 0.634. The first-order chi connectivity index (χ1) is 16.1. The number of likely N-dealkylation sites (tertiary alicyclic amines) is 1. The summed E-state index contributed by atoms with van der Waals surface area (Å²) in [5.41, 5.74) is -1.12. The number of halogens is 4. The summed E-state index contributed by atoms with van der Waals surface area (Å²) in [6, 6.07) is 12.6. The summed E-state index contributed by atoms with van der Waals surface area (Å²) >= 11 is 5.90. The Morgan fingerprint density at radius 1 is 1.24 bits per heavy atom. The van der Waals surface area contributed by atoms with Crippen molar-refractivity contribution in [1.29, 1.82) is 5.26 Å². The van der Waals surface area contributed by atoms with Crippen LogP contribution in [0.25, 0.3) is 0 Å². The molecule has 0 aliphatic carbocycles. The van der Waals surface area contributed by atoms with Crippen LogP contribution in [0.3, 0.4) is 0 Å². The van der Waals surface area contributed by atoms with E-state index in [1.165, 1.54) is 0 Å². The molecule has 1 N–H and O–H groups in total. The van der Waals surface area contributed by atoms with Crippen LogP contribution in [0.4, 0.5) is 13.2 Å². The van der Waals surface area contributed by atoms with Gasteiger partial charge < -0.3 is 10.1 Å². The van der Waals surface area contributed by atoms with Crippen LogP contribution < -0.4 is 5.32 Å². The lowest BCUT2D eigenvalue weighted by Crippen LogP contribution is -2.72. The second-order valence-corrected chi connectivity index (χ2v) is 9.48. The fourth-order valence-corrected chi connectivity index (χ4v) is 4.53. The Bertz CT molecular complexity index is 1070. The maximum atomic E-state index is 13.7. The van der Waals surface area contributed by atoms with Crippen LogP contribution in [-0.2, 0) is 22.5 Å². The van der Waals surface area contributed by atoms with Crippen molar-refractivity contribution < 1.29 is 22.7 Å². The number of aromatic nitrogens is 1. The lowest BCUT2D eigenvalue weighted by Gasteiger charge is -2.45. The molecule has 2 aliphatic heterocycles. The highest BCUT2D eigenvalue weighted by Gasteiger charge is 2.62. The lowest BCUT2D eigenvalue weighted by atomic mass is 9.79. The van der Waals surface area contributed by atoms with Crippen LogP contribution in [0.2, 0.25) is 5.02 Å². The van der Waals surface area contributed by atoms with Crippen molar-refractivity contribution in [2.45, 2.75) is 37.5 Å². The summed E-state index contributed by atoms with van der Waals surface area (Å²) in [5.74, 6) is -0.603. The Kier molecular flexibility index (Phi) is 6.85. The molecular weight excluding hydrogens is 469 g/mol. The smallest absolute Gasteiger partial charge is 0.376 e. The van der Waals surface area contributed by atoms with Gasteiger partial charge in [-0.2, -0.15) is 18.4 Å². The highest BCUT2D eigenvalue weighted by atomic mass is 35.5. The van der Waals surface area contributed by atoms with Crippen molar-refractivity contribution >= 4 is 17.5 Å². The van der Waals surface area contributed by atoms with Gasteiger partial charge in [-0.25, -0.2) is 0 Å². The van der Waals surface area contributed by atoms with E-state index in [1.54, 1.807) is 30.5 Å². The number of ether oxygens (including phenoxy) is 1. The Hall–Kier alpha value is -2.67. The Labute approximate surface area is 200 Å². The van der Waals surface area contributed by atoms with Crippen LogP contribution in [0.1, 0.15) is 29.7 Å². The number of alkyl halides is 3. The van der Waals surface area contributed by atoms with E-state index in [1.807, 2.05) is 17.0 Å². The molecule has 1 aromatic heterocycles. The molecule has 0 saturated carbocycles. The van der Waals surface area contributed by atoms with E-state index in [4.69, 9.17) is 21.6 Å². The third kappa shape index (κ3) is 5.04. The van der Waals surface area contributed by atoms with E-state index in [-0.39, 0.29) is 0 Å². The minimum atomic E-state index is -4.60. The SMILES string of the molecule is N#Cc1ccc(CC[C@@]2(C(=O)NC3(C(F)(F)F)COC3)CCN(Cc3ccc(Cl)cn3)C2)cc1. The summed E-state index contributed by atoms with van der Waals surface area (Å²) < 4.78 is 45.9. The number of benzene rings is 1. The molecule has 34 heavy (non-hydrogen) atoms. The summed E-state index contributed by atoms with van der Waals surface area (Å²) in [6.45, 7) is 0.185. The maximum Gasteiger partial charge on any atom is 0.416 e. The monoisotopic (exact) mass is 492 g/mol. The molecule has 2 aliphatic rings. The van der Waals surface area contributed by atoms with E-state index < -0.39 is 36.3 Å². The van der Waals surface area contributed by atoms with Gasteiger partial charge in [0, 0.05) is 19.3 Å². The Balaban J connectivity index is 1.52. The molecule has 1 amide bonds. The highest BCUT2D eigenvalue weighted by Crippen LogP contribution is 2.41. The predicted octanol–water partition coefficient (Wildman–Crippen LogP) is 3.88. The van der Waals surface area contributed by atoms with Crippen LogP contribution in [0.5, 0.6) is 0 Å². The van der Waals surface area contributed by atoms with Gasteiger partial charge in [-0.05, 0) is 55.6 Å². The Morgan fingerprint density at radius 2 is 1.97 bits per heavy atom. The topological polar surface area (TPSA) is 78.2 Å². The molecule has 0 radical (unpaired) electrons. The van der Waals surface area contributed by atoms with Gasteiger partial charge in [-0.1, -0.05) is 23.7 Å². The third-order valence-electron chi connectivity index (χ3n) is 6.66. The lowest BCUT2D eigenvalue weighted by molar-refractivity contribution is -0.267. The number of nitrogens with zero attached hydrogens (tertiary/aromatic N) is 3. The number of hydrogen-bond donors (Lipinski definition) is 1. The van der Waals surface area contributed by atoms with Gasteiger partial charge in [-0.3, -0.25) is 14.7 Å². The van der Waals surface area contributed by atoms with Crippen molar-refractivity contribution in [2.75, 3.05) is 26.3 Å². The molecule has 6 nitrogen and oxygen atoms in total. The number of nitrogens with one attached hydrogen (secondary N) is 1. The van der Waals surface area contributed by atoms with Gasteiger partial charge in [0.05, 0.1) is 41.0 Å². The second kappa shape index (κ2) is 9.53. The van der Waals surface area contributed by atoms with Crippen LogP contribution in [0.15, 0.2) is 42.6 Å². The molecule has 2 aromatic rings. The van der Waals surface area contributed by atoms with Crippen molar-refractivity contribution in [1.82, 2.24) is 15.2 Å². The van der Waals surface area contributed by atoms with Gasteiger partial charge in [0.15, 0.2) is 5.54 Å². The Morgan fingerprint density at radius 3 is 2.53 bits per heavy atom. The molecule has 180 valence electrons. The number of aryl methyl sites for hydroxylation is 1. The van der Waals surface area contributed by atoms with Gasteiger partial charge in [0.25, 0.3) is 0 Å². The molecule has 1 atom stereocenters. The molecule has 0 unspecified atom stereocenters. The van der Waals surface area contributed by atoms with E-state index in [0.717, 1.165) is 11.3 Å². The molecule has 2 fully saturated rings. The zero-order chi connectivity index (χ0) is 24.4. The molecule has 1 aromatic carbocycles. The molecule has 3 heterocycles. The summed E-state index contributed by atoms with van der Waals surface area (Å²) in [7, 11) is 0. The zero-order valence-electron chi connectivity index (χ0n) is 18.4. The molecule has 0 spiro atoms. The first-order valence-corrected chi connectivity index (χ1v) is 11.3. The molecule has 10 heteroatoms. The van der Waals surface area contributed by atoms with Gasteiger partial charge in [0.1, 0.15) is 0 Å². The van der Waals surface area contributed by atoms with Crippen LogP contribution in [-0.4, -0.2) is 53.8 Å². The molecule has 0 bridgehead atoms. The van der Waals surface area contributed by atoms with Gasteiger partial charge in [-0.15, -0.1) is 0 Å². The third-order valence-corrected chi connectivity index (χ3v) is 6.88. The number of amides is 1. The second-order valence-electron chi connectivity index (χ2n) is 9.04. The minimum Gasteiger partial charge on any atom is -0.376 e. The predicted molar refractivity (Wildman–Crippen MR) is 119 cm³/mol. The van der Waals surface area contributed by atoms with Gasteiger partial charge >= 0.3 is 6.18 Å². The zero-order valence-corrected chi connectivity index (χ0v) is 19.1. The first-order valence-electron chi connectivity index (χ1n) is 10.9. The number of carbonyl (C=O) groups excluding carboxylic acids is 1. The fraction of sp³-hybridized carbons (Fsp3) is 0.458. The van der Waals surface area contributed by atoms with Crippen molar-refractivity contribution in [2.24, 2.45) is 5.41 Å². The van der Waals surface area contributed by atoms with Crippen molar-refractivity contribution in [3.8, 4) is 6.07 Å². The summed E-state index contributed by atoms with van der Waals surface area (Å²) in [6.07, 6.45) is -1.74. The van der Waals surface area contributed by atoms with E-state index in [0.29, 0.717) is 49.5 Å². The standard InChI is InChI=1S/C24H24ClF3N4O2/c25-19-5-6-20(30-12-19)13-32-10-9-22(14-32,8-7-17-1-3-18(11-29)4-2-17)21(33)31-23(15-34-16-23)24(26,27)28/h1-6,12H,7-10,13-16H2,(H,31,33)/t22-/m1/s1. The number of nitriles is 1. The summed E-state index contributed by atoms with van der Waals surface area (Å²) in [4.78, 5) is 19.7. The first kappa shape index (κ1) is 24.5. The van der Waals surface area contributed by atoms with E-state index >= 15 is 0 Å². The van der Waals surface area contributed by atoms with E-state index in [2.05, 4.69) is 16.4 Å². The van der Waals surface area contributed by atoms with Crippen molar-refractivity contribution in [3.05, 3.63) is 64.4 Å². The average molecular weight is 493 g/mol. The summed E-state index contributed by atoms with van der Waals surface area (Å²) in [5, 5.41) is 11.8. The molecule has 4 rings (SSSR count). The number of pyridine rings is 1. The van der Waals surface area contributed by atoms with Crippen LogP contribution >= 0.6 is 11.6 Å². The minimum absolute atomic E-state index is 0.314. The molecular formula is C24H24ClF3N4O2. The largest absolute Gasteiger partial charge is 0.416 e. The number of rotatable bonds is 7. The molecule has 2 saturated heterocycles. The normalized spacial score (nSPS) is 22.1. The van der Waals surface area contributed by atoms with Crippen LogP contribution in [0, 0.1) is 16.7 Å². The average Bonchev–Trinajstić information content (AvgIpc) is 3.20. The van der Waals surface area contributed by atoms with Gasteiger partial charge in [0.2, 0.25) is 5.91 Å². The highest BCUT2D eigenvalue weighted by molar-refractivity contribution is 6.30. The maximum absolute atomic E-state index is 13.7. The fourth-order valence-electron chi connectivity index (χ4n) is 4.42. The van der Waals surface area contributed by atoms with E-state index in [9.17, 15) is 18.0 Å².